The maximum atomic E-state index is 11.8. The van der Waals surface area contributed by atoms with Gasteiger partial charge in [-0.25, -0.2) is 0 Å². The Morgan fingerprint density at radius 1 is 1.22 bits per heavy atom. The molecule has 8 heteroatoms. The first kappa shape index (κ1) is 18.6. The first-order valence-corrected chi connectivity index (χ1v) is 7.37. The third-order valence-electron chi connectivity index (χ3n) is 2.91. The Balaban J connectivity index is 3.13. The molecule has 0 spiro atoms. The van der Waals surface area contributed by atoms with Gasteiger partial charge in [-0.3, -0.25) is 4.79 Å². The number of carbonyl (C=O) groups excluding carboxylic acids is 1. The maximum absolute atomic E-state index is 11.8. The van der Waals surface area contributed by atoms with E-state index in [0.717, 1.165) is 0 Å². The number of azide groups is 1. The summed E-state index contributed by atoms with van der Waals surface area (Å²) >= 11 is 0. The first-order valence-electron chi connectivity index (χ1n) is 7.37. The second-order valence-electron chi connectivity index (χ2n) is 4.42. The molecule has 2 unspecified atom stereocenters. The van der Waals surface area contributed by atoms with Crippen LogP contribution < -0.4 is 9.47 Å². The molecule has 0 saturated carbocycles. The van der Waals surface area contributed by atoms with Crippen molar-refractivity contribution in [2.75, 3.05) is 19.8 Å². The summed E-state index contributed by atoms with van der Waals surface area (Å²) in [6.07, 6.45) is -1.35. The van der Waals surface area contributed by atoms with Gasteiger partial charge in [0.15, 0.2) is 17.5 Å². The average molecular weight is 323 g/mol. The molecule has 126 valence electrons. The number of esters is 1. The minimum absolute atomic E-state index is 0.122. The zero-order chi connectivity index (χ0) is 17.2. The molecule has 1 aromatic rings. The van der Waals surface area contributed by atoms with E-state index in [0.29, 0.717) is 30.3 Å². The molecule has 23 heavy (non-hydrogen) atoms. The third kappa shape index (κ3) is 5.05. The number of hydrogen-bond acceptors (Lipinski definition) is 6. The largest absolute Gasteiger partial charge is 0.490 e. The van der Waals surface area contributed by atoms with E-state index < -0.39 is 18.1 Å². The smallest absolute Gasteiger partial charge is 0.317 e. The topological polar surface area (TPSA) is 114 Å². The van der Waals surface area contributed by atoms with Crippen molar-refractivity contribution in [2.45, 2.75) is 32.9 Å². The zero-order valence-corrected chi connectivity index (χ0v) is 13.4. The zero-order valence-electron chi connectivity index (χ0n) is 13.4. The lowest BCUT2D eigenvalue weighted by Crippen LogP contribution is -2.28. The SMILES string of the molecule is CCOC(=O)C(N=[N+]=[N-])C(O)c1ccc(OCC)c(OCC)c1. The maximum Gasteiger partial charge on any atom is 0.317 e. The Kier molecular flexibility index (Phi) is 7.73. The molecule has 2 atom stereocenters. The highest BCUT2D eigenvalue weighted by atomic mass is 16.5. The van der Waals surface area contributed by atoms with Gasteiger partial charge in [0.25, 0.3) is 0 Å². The molecule has 1 N–H and O–H groups in total. The Morgan fingerprint density at radius 2 is 1.87 bits per heavy atom. The highest BCUT2D eigenvalue weighted by molar-refractivity contribution is 5.77. The summed E-state index contributed by atoms with van der Waals surface area (Å²) in [6.45, 7) is 6.29. The number of hydrogen-bond donors (Lipinski definition) is 1. The van der Waals surface area contributed by atoms with E-state index in [1.54, 1.807) is 25.1 Å². The van der Waals surface area contributed by atoms with Crippen LogP contribution in [0.2, 0.25) is 0 Å². The number of benzene rings is 1. The van der Waals surface area contributed by atoms with Gasteiger partial charge in [0.05, 0.1) is 25.9 Å². The predicted molar refractivity (Wildman–Crippen MR) is 83.3 cm³/mol. The van der Waals surface area contributed by atoms with Crippen LogP contribution in [0.15, 0.2) is 23.3 Å². The minimum Gasteiger partial charge on any atom is -0.490 e. The van der Waals surface area contributed by atoms with Gasteiger partial charge in [-0.1, -0.05) is 11.2 Å². The summed E-state index contributed by atoms with van der Waals surface area (Å²) in [5.74, 6) is 0.181. The Morgan fingerprint density at radius 3 is 2.43 bits per heavy atom. The number of aliphatic hydroxyl groups is 1. The lowest BCUT2D eigenvalue weighted by molar-refractivity contribution is -0.147. The molecular weight excluding hydrogens is 302 g/mol. The second-order valence-corrected chi connectivity index (χ2v) is 4.42. The van der Waals surface area contributed by atoms with E-state index >= 15 is 0 Å². The van der Waals surface area contributed by atoms with E-state index in [-0.39, 0.29) is 6.61 Å². The van der Waals surface area contributed by atoms with Gasteiger partial charge in [-0.2, -0.15) is 0 Å². The second kappa shape index (κ2) is 9.55. The van der Waals surface area contributed by atoms with Crippen LogP contribution in [-0.4, -0.2) is 36.9 Å². The van der Waals surface area contributed by atoms with Crippen molar-refractivity contribution in [2.24, 2.45) is 5.11 Å². The summed E-state index contributed by atoms with van der Waals surface area (Å²) in [7, 11) is 0. The predicted octanol–water partition coefficient (Wildman–Crippen LogP) is 2.76. The highest BCUT2D eigenvalue weighted by Crippen LogP contribution is 2.32. The van der Waals surface area contributed by atoms with Gasteiger partial charge in [0.1, 0.15) is 0 Å². The van der Waals surface area contributed by atoms with Gasteiger partial charge < -0.3 is 19.3 Å². The molecule has 8 nitrogen and oxygen atoms in total. The van der Waals surface area contributed by atoms with Crippen LogP contribution in [0.25, 0.3) is 10.4 Å². The first-order chi connectivity index (χ1) is 11.1. The number of carbonyl (C=O) groups is 1. The molecule has 0 aliphatic heterocycles. The van der Waals surface area contributed by atoms with Crippen LogP contribution >= 0.6 is 0 Å². The van der Waals surface area contributed by atoms with Crippen LogP contribution in [0.3, 0.4) is 0 Å². The fourth-order valence-corrected chi connectivity index (χ4v) is 1.96. The molecule has 0 aliphatic rings. The lowest BCUT2D eigenvalue weighted by Gasteiger charge is -2.19. The molecule has 0 fully saturated rings. The fourth-order valence-electron chi connectivity index (χ4n) is 1.96. The van der Waals surface area contributed by atoms with Crippen molar-refractivity contribution in [1.29, 1.82) is 0 Å². The summed E-state index contributed by atoms with van der Waals surface area (Å²) in [5.41, 5.74) is 8.96. The van der Waals surface area contributed by atoms with Crippen LogP contribution in [0, 0.1) is 0 Å². The Labute approximate surface area is 134 Å². The van der Waals surface area contributed by atoms with Crippen molar-refractivity contribution in [1.82, 2.24) is 0 Å². The lowest BCUT2D eigenvalue weighted by atomic mass is 10.0. The van der Waals surface area contributed by atoms with E-state index in [1.807, 2.05) is 13.8 Å². The van der Waals surface area contributed by atoms with Gasteiger partial charge in [0.2, 0.25) is 0 Å². The van der Waals surface area contributed by atoms with Crippen molar-refractivity contribution in [3.05, 3.63) is 34.2 Å². The summed E-state index contributed by atoms with van der Waals surface area (Å²) in [4.78, 5) is 14.4. The van der Waals surface area contributed by atoms with Crippen LogP contribution in [-0.2, 0) is 9.53 Å². The van der Waals surface area contributed by atoms with E-state index in [2.05, 4.69) is 10.0 Å². The molecule has 1 rings (SSSR count). The standard InChI is InChI=1S/C15H21N3O5/c1-4-21-11-8-7-10(9-12(11)22-5-2)14(19)13(17-18-16)15(20)23-6-3/h7-9,13-14,19H,4-6H2,1-3H3. The van der Waals surface area contributed by atoms with Gasteiger partial charge in [0, 0.05) is 4.91 Å². The normalized spacial score (nSPS) is 12.7. The molecule has 0 amide bonds. The third-order valence-corrected chi connectivity index (χ3v) is 2.91. The summed E-state index contributed by atoms with van der Waals surface area (Å²) in [5, 5.41) is 13.7. The van der Waals surface area contributed by atoms with Crippen molar-refractivity contribution in [3.8, 4) is 11.5 Å². The quantitative estimate of drug-likeness (QED) is 0.325. The molecular formula is C15H21N3O5. The Bertz CT molecular complexity index is 572. The van der Waals surface area contributed by atoms with E-state index in [1.165, 1.54) is 0 Å². The fraction of sp³-hybridized carbons (Fsp3) is 0.533. The molecule has 0 saturated heterocycles. The highest BCUT2D eigenvalue weighted by Gasteiger charge is 2.29. The number of ether oxygens (including phenoxy) is 3. The van der Waals surface area contributed by atoms with Crippen LogP contribution in [0.5, 0.6) is 11.5 Å². The minimum atomic E-state index is -1.37. The molecule has 0 radical (unpaired) electrons. The van der Waals surface area contributed by atoms with E-state index in [4.69, 9.17) is 19.7 Å². The number of rotatable bonds is 9. The molecule has 0 aliphatic carbocycles. The van der Waals surface area contributed by atoms with Gasteiger partial charge in [-0.15, -0.1) is 0 Å². The van der Waals surface area contributed by atoms with Gasteiger partial charge in [-0.05, 0) is 44.0 Å². The summed E-state index contributed by atoms with van der Waals surface area (Å²) < 4.78 is 15.7. The molecule has 0 aromatic heterocycles. The van der Waals surface area contributed by atoms with Gasteiger partial charge >= 0.3 is 5.97 Å². The van der Waals surface area contributed by atoms with Crippen LogP contribution in [0.4, 0.5) is 0 Å². The molecule has 0 heterocycles. The number of aliphatic hydroxyl groups excluding tert-OH is 1. The average Bonchev–Trinajstić information content (AvgIpc) is 2.54. The molecule has 0 bridgehead atoms. The monoisotopic (exact) mass is 323 g/mol. The van der Waals surface area contributed by atoms with E-state index in [9.17, 15) is 9.90 Å². The summed E-state index contributed by atoms with van der Waals surface area (Å²) in [6, 6.07) is 3.40. The Hall–Kier alpha value is -2.44. The van der Waals surface area contributed by atoms with Crippen molar-refractivity contribution >= 4 is 5.97 Å². The number of nitrogens with zero attached hydrogens (tertiary/aromatic N) is 3. The van der Waals surface area contributed by atoms with Crippen molar-refractivity contribution < 1.29 is 24.1 Å². The van der Waals surface area contributed by atoms with Crippen LogP contribution in [0.1, 0.15) is 32.4 Å². The molecule has 1 aromatic carbocycles. The van der Waals surface area contributed by atoms with Crippen molar-refractivity contribution in [3.63, 3.8) is 0 Å².